The van der Waals surface area contributed by atoms with E-state index < -0.39 is 23.3 Å². The molecule has 0 spiro atoms. The lowest BCUT2D eigenvalue weighted by Crippen LogP contribution is -2.41. The third-order valence-electron chi connectivity index (χ3n) is 3.93. The van der Waals surface area contributed by atoms with Gasteiger partial charge < -0.3 is 4.90 Å². The molecule has 0 aliphatic carbocycles. The fourth-order valence-electron chi connectivity index (χ4n) is 2.36. The summed E-state index contributed by atoms with van der Waals surface area (Å²) in [6, 6.07) is 7.50. The molecular formula is C18H21N3O3. The molecule has 1 aromatic heterocycles. The quantitative estimate of drug-likeness (QED) is 0.802. The van der Waals surface area contributed by atoms with Gasteiger partial charge in [0.25, 0.3) is 11.5 Å². The Kier molecular flexibility index (Phi) is 4.97. The summed E-state index contributed by atoms with van der Waals surface area (Å²) in [7, 11) is 3.08. The lowest BCUT2D eigenvalue weighted by Gasteiger charge is -2.19. The number of nitrogens with zero attached hydrogens (tertiary/aromatic N) is 3. The van der Waals surface area contributed by atoms with Gasteiger partial charge in [-0.2, -0.15) is 5.10 Å². The van der Waals surface area contributed by atoms with Crippen LogP contribution in [-0.4, -0.2) is 40.5 Å². The fourth-order valence-corrected chi connectivity index (χ4v) is 2.36. The maximum atomic E-state index is 12.3. The molecule has 24 heavy (non-hydrogen) atoms. The third-order valence-corrected chi connectivity index (χ3v) is 3.93. The van der Waals surface area contributed by atoms with Crippen LogP contribution in [0.4, 0.5) is 0 Å². The van der Waals surface area contributed by atoms with Gasteiger partial charge in [-0.3, -0.25) is 14.4 Å². The Morgan fingerprint density at radius 2 is 1.75 bits per heavy atom. The van der Waals surface area contributed by atoms with Gasteiger partial charge in [0.05, 0.1) is 5.69 Å². The summed E-state index contributed by atoms with van der Waals surface area (Å²) in [4.78, 5) is 37.7. The van der Waals surface area contributed by atoms with E-state index in [4.69, 9.17) is 0 Å². The zero-order valence-electron chi connectivity index (χ0n) is 14.5. The molecule has 0 bridgehead atoms. The number of carbonyl (C=O) groups is 2. The van der Waals surface area contributed by atoms with Crippen LogP contribution in [-0.2, 0) is 9.59 Å². The van der Waals surface area contributed by atoms with E-state index in [-0.39, 0.29) is 0 Å². The van der Waals surface area contributed by atoms with Gasteiger partial charge in [-0.05, 0) is 44.0 Å². The maximum absolute atomic E-state index is 12.3. The van der Waals surface area contributed by atoms with Crippen LogP contribution in [0.25, 0.3) is 11.3 Å². The van der Waals surface area contributed by atoms with Gasteiger partial charge in [0, 0.05) is 25.7 Å². The van der Waals surface area contributed by atoms with Crippen LogP contribution in [0.3, 0.4) is 0 Å². The van der Waals surface area contributed by atoms with E-state index in [0.29, 0.717) is 5.69 Å². The molecule has 6 nitrogen and oxygen atoms in total. The first-order valence-electron chi connectivity index (χ1n) is 7.61. The number of hydrogen-bond acceptors (Lipinski definition) is 4. The largest absolute Gasteiger partial charge is 0.347 e. The Hall–Kier alpha value is -2.76. The number of ketones is 1. The predicted molar refractivity (Wildman–Crippen MR) is 91.8 cm³/mol. The highest BCUT2D eigenvalue weighted by atomic mass is 16.2. The second-order valence-corrected chi connectivity index (χ2v) is 6.05. The molecule has 2 rings (SSSR count). The summed E-state index contributed by atoms with van der Waals surface area (Å²) >= 11 is 0. The van der Waals surface area contributed by atoms with E-state index in [1.54, 1.807) is 6.07 Å². The van der Waals surface area contributed by atoms with Crippen molar-refractivity contribution in [3.63, 3.8) is 0 Å². The molecule has 1 heterocycles. The molecule has 0 aliphatic rings. The minimum atomic E-state index is -1.25. The maximum Gasteiger partial charge on any atom is 0.267 e. The van der Waals surface area contributed by atoms with Gasteiger partial charge >= 0.3 is 0 Å². The molecule has 0 saturated heterocycles. The zero-order valence-corrected chi connectivity index (χ0v) is 14.5. The number of benzene rings is 1. The smallest absolute Gasteiger partial charge is 0.267 e. The molecule has 1 aromatic carbocycles. The van der Waals surface area contributed by atoms with E-state index in [9.17, 15) is 14.4 Å². The summed E-state index contributed by atoms with van der Waals surface area (Å²) in [6.07, 6.45) is 0. The monoisotopic (exact) mass is 327 g/mol. The molecule has 0 N–H and O–H groups in total. The van der Waals surface area contributed by atoms with Crippen LogP contribution in [0.1, 0.15) is 24.1 Å². The minimum absolute atomic E-state index is 0.430. The standard InChI is InChI=1S/C18H21N3O3/c1-11-6-7-14(10-12(11)2)15-8-9-16(23)21(19-15)17(13(3)22)18(24)20(4)5/h6-10,17H,1-5H3/t17-/m0/s1. The van der Waals surface area contributed by atoms with Crippen LogP contribution < -0.4 is 5.56 Å². The topological polar surface area (TPSA) is 72.3 Å². The first kappa shape index (κ1) is 17.6. The highest BCUT2D eigenvalue weighted by Crippen LogP contribution is 2.20. The Bertz CT molecular complexity index is 853. The molecule has 6 heteroatoms. The Morgan fingerprint density at radius 3 is 2.29 bits per heavy atom. The molecule has 0 radical (unpaired) electrons. The molecule has 0 aliphatic heterocycles. The molecule has 0 fully saturated rings. The average molecular weight is 327 g/mol. The van der Waals surface area contributed by atoms with Gasteiger partial charge in [0.1, 0.15) is 0 Å². The van der Waals surface area contributed by atoms with E-state index in [2.05, 4.69) is 5.10 Å². The van der Waals surface area contributed by atoms with Crippen LogP contribution in [0, 0.1) is 13.8 Å². The number of rotatable bonds is 4. The van der Waals surface area contributed by atoms with Gasteiger partial charge in [0.2, 0.25) is 0 Å². The zero-order chi connectivity index (χ0) is 18.0. The Balaban J connectivity index is 2.59. The average Bonchev–Trinajstić information content (AvgIpc) is 2.51. The van der Waals surface area contributed by atoms with Gasteiger partial charge in [-0.15, -0.1) is 0 Å². The number of hydrogen-bond donors (Lipinski definition) is 0. The molecule has 0 unspecified atom stereocenters. The summed E-state index contributed by atoms with van der Waals surface area (Å²) in [5, 5.41) is 4.27. The van der Waals surface area contributed by atoms with E-state index in [0.717, 1.165) is 21.4 Å². The first-order chi connectivity index (χ1) is 11.2. The summed E-state index contributed by atoms with van der Waals surface area (Å²) in [5.41, 5.74) is 3.12. The lowest BCUT2D eigenvalue weighted by molar-refractivity contribution is -0.138. The van der Waals surface area contributed by atoms with Gasteiger partial charge in [-0.1, -0.05) is 12.1 Å². The second-order valence-electron chi connectivity index (χ2n) is 6.05. The SMILES string of the molecule is CC(=O)[C@@H](C(=O)N(C)C)n1nc(-c2ccc(C)c(C)c2)ccc1=O. The Morgan fingerprint density at radius 1 is 1.08 bits per heavy atom. The number of likely N-dealkylation sites (N-methyl/N-ethyl adjacent to an activating group) is 1. The van der Waals surface area contributed by atoms with Crippen molar-refractivity contribution in [1.82, 2.24) is 14.7 Å². The normalized spacial score (nSPS) is 11.9. The third kappa shape index (κ3) is 3.42. The van der Waals surface area contributed by atoms with Crippen molar-refractivity contribution in [3.05, 3.63) is 51.8 Å². The molecule has 1 amide bonds. The van der Waals surface area contributed by atoms with E-state index in [1.165, 1.54) is 32.0 Å². The molecule has 0 saturated carbocycles. The first-order valence-corrected chi connectivity index (χ1v) is 7.61. The van der Waals surface area contributed by atoms with Crippen molar-refractivity contribution in [2.24, 2.45) is 0 Å². The molecule has 1 atom stereocenters. The molecular weight excluding hydrogens is 306 g/mol. The number of Topliss-reactive ketones (excluding diaryl/α,β-unsaturated/α-hetero) is 1. The summed E-state index contributed by atoms with van der Waals surface area (Å²) < 4.78 is 0.967. The summed E-state index contributed by atoms with van der Waals surface area (Å²) in [6.45, 7) is 5.28. The predicted octanol–water partition coefficient (Wildman–Crippen LogP) is 1.75. The van der Waals surface area contributed by atoms with Crippen molar-refractivity contribution in [1.29, 1.82) is 0 Å². The van der Waals surface area contributed by atoms with Crippen molar-refractivity contribution in [2.75, 3.05) is 14.1 Å². The highest BCUT2D eigenvalue weighted by Gasteiger charge is 2.29. The van der Waals surface area contributed by atoms with Crippen LogP contribution >= 0.6 is 0 Å². The van der Waals surface area contributed by atoms with Crippen LogP contribution in [0.5, 0.6) is 0 Å². The number of aromatic nitrogens is 2. The van der Waals surface area contributed by atoms with E-state index >= 15 is 0 Å². The lowest BCUT2D eigenvalue weighted by atomic mass is 10.0. The molecule has 2 aromatic rings. The second kappa shape index (κ2) is 6.78. The van der Waals surface area contributed by atoms with Crippen molar-refractivity contribution >= 4 is 11.7 Å². The minimum Gasteiger partial charge on any atom is -0.347 e. The number of carbonyl (C=O) groups excluding carboxylic acids is 2. The molecule has 126 valence electrons. The van der Waals surface area contributed by atoms with E-state index in [1.807, 2.05) is 32.0 Å². The van der Waals surface area contributed by atoms with Crippen molar-refractivity contribution < 1.29 is 9.59 Å². The van der Waals surface area contributed by atoms with Gasteiger partial charge in [-0.25, -0.2) is 4.68 Å². The summed E-state index contributed by atoms with van der Waals surface area (Å²) in [5.74, 6) is -0.908. The van der Waals surface area contributed by atoms with Gasteiger partial charge in [0.15, 0.2) is 11.8 Å². The van der Waals surface area contributed by atoms with Crippen molar-refractivity contribution in [3.8, 4) is 11.3 Å². The van der Waals surface area contributed by atoms with Crippen molar-refractivity contribution in [2.45, 2.75) is 26.8 Å². The fraction of sp³-hybridized carbons (Fsp3) is 0.333. The number of amides is 1. The van der Waals surface area contributed by atoms with Crippen LogP contribution in [0.2, 0.25) is 0 Å². The Labute approximate surface area is 140 Å². The number of aryl methyl sites for hydroxylation is 2. The highest BCUT2D eigenvalue weighted by molar-refractivity contribution is 6.02. The van der Waals surface area contributed by atoms with Crippen LogP contribution in [0.15, 0.2) is 35.1 Å².